The molecule has 0 bridgehead atoms. The molecule has 0 spiro atoms. The van der Waals surface area contributed by atoms with E-state index in [1.807, 2.05) is 0 Å². The summed E-state index contributed by atoms with van der Waals surface area (Å²) in [4.78, 5) is 0. The van der Waals surface area contributed by atoms with Crippen LogP contribution in [0, 0.1) is 10.5 Å². The summed E-state index contributed by atoms with van der Waals surface area (Å²) < 4.78 is 1.30. The maximum absolute atomic E-state index is 2.30. The molecule has 0 radical (unpaired) electrons. The third-order valence-electron chi connectivity index (χ3n) is 1.01. The van der Waals surface area contributed by atoms with Crippen molar-refractivity contribution in [2.75, 3.05) is 0 Å². The molecule has 0 atom stereocenters. The second-order valence-corrected chi connectivity index (χ2v) is 3.04. The van der Waals surface area contributed by atoms with Crippen LogP contribution < -0.4 is 0 Å². The van der Waals surface area contributed by atoms with Gasteiger partial charge < -0.3 is 0 Å². The van der Waals surface area contributed by atoms with E-state index < -0.39 is 0 Å². The molecule has 1 aromatic rings. The number of halogens is 1. The highest BCUT2D eigenvalue weighted by Gasteiger charge is 1.81. The van der Waals surface area contributed by atoms with Crippen LogP contribution in [0.25, 0.3) is 0 Å². The molecule has 0 fully saturated rings. The van der Waals surface area contributed by atoms with Gasteiger partial charge in [0, 0.05) is 3.57 Å². The van der Waals surface area contributed by atoms with Gasteiger partial charge in [0.2, 0.25) is 0 Å². The summed E-state index contributed by atoms with van der Waals surface area (Å²) in [6, 6.07) is 8.44. The van der Waals surface area contributed by atoms with Crippen molar-refractivity contribution < 1.29 is 0 Å². The summed E-state index contributed by atoms with van der Waals surface area (Å²) in [5.74, 6) is 0. The molecule has 1 heteroatoms. The molecule has 1 rings (SSSR count). The second kappa shape index (κ2) is 2.49. The van der Waals surface area contributed by atoms with E-state index in [9.17, 15) is 0 Å². The molecule has 0 nitrogen and oxygen atoms in total. The molecule has 42 valence electrons. The Morgan fingerprint density at radius 1 is 1.12 bits per heavy atom. The van der Waals surface area contributed by atoms with Crippen molar-refractivity contribution in [2.45, 2.75) is 6.92 Å². The van der Waals surface area contributed by atoms with Gasteiger partial charge >= 0.3 is 0 Å². The predicted molar refractivity (Wildman–Crippen MR) is 43.9 cm³/mol. The average molecular weight is 222 g/mol. The molecule has 0 aliphatic rings. The number of hydrogen-bond donors (Lipinski definition) is 0. The average Bonchev–Trinajstić information content (AvgIpc) is 1.77. The highest BCUT2D eigenvalue weighted by atomic mass is 131. The molecule has 0 amide bonds. The zero-order valence-corrected chi connectivity index (χ0v) is 6.84. The van der Waals surface area contributed by atoms with Crippen molar-refractivity contribution in [3.63, 3.8) is 0 Å². The molecule has 0 N–H and O–H groups in total. The van der Waals surface area contributed by atoms with E-state index in [2.05, 4.69) is 53.8 Å². The van der Waals surface area contributed by atoms with Gasteiger partial charge in [-0.05, 0) is 41.6 Å². The zero-order chi connectivity index (χ0) is 5.98. The first-order valence-electron chi connectivity index (χ1n) is 2.51. The van der Waals surface area contributed by atoms with Crippen LogP contribution in [0.4, 0.5) is 0 Å². The van der Waals surface area contributed by atoms with Crippen molar-refractivity contribution in [2.24, 2.45) is 0 Å². The SMILES string of the molecule is Cc1ccc([131I])cc1. The van der Waals surface area contributed by atoms with Gasteiger partial charge in [-0.15, -0.1) is 0 Å². The monoisotopic (exact) mass is 222 g/mol. The fraction of sp³-hybridized carbons (Fsp3) is 0.143. The number of aryl methyl sites for hydroxylation is 1. The Morgan fingerprint density at radius 3 is 2.00 bits per heavy atom. The summed E-state index contributed by atoms with van der Waals surface area (Å²) in [5.41, 5.74) is 1.32. The van der Waals surface area contributed by atoms with Gasteiger partial charge in [0.25, 0.3) is 0 Å². The van der Waals surface area contributed by atoms with Crippen LogP contribution in [0.2, 0.25) is 0 Å². The van der Waals surface area contributed by atoms with Crippen molar-refractivity contribution in [1.82, 2.24) is 0 Å². The fourth-order valence-corrected chi connectivity index (χ4v) is 0.893. The molecule has 8 heavy (non-hydrogen) atoms. The molecule has 0 saturated heterocycles. The minimum atomic E-state index is 1.30. The smallest absolute Gasteiger partial charge is 0.0130 e. The fourth-order valence-electron chi connectivity index (χ4n) is 0.533. The maximum Gasteiger partial charge on any atom is 0.0130 e. The van der Waals surface area contributed by atoms with Crippen LogP contribution in [0.3, 0.4) is 0 Å². The van der Waals surface area contributed by atoms with E-state index in [-0.39, 0.29) is 0 Å². The van der Waals surface area contributed by atoms with Gasteiger partial charge in [-0.1, -0.05) is 17.7 Å². The van der Waals surface area contributed by atoms with E-state index in [1.54, 1.807) is 0 Å². The van der Waals surface area contributed by atoms with Crippen molar-refractivity contribution in [1.29, 1.82) is 0 Å². The molecular weight excluding hydrogens is 215 g/mol. The van der Waals surface area contributed by atoms with Crippen LogP contribution in [0.15, 0.2) is 24.3 Å². The van der Waals surface area contributed by atoms with Gasteiger partial charge in [0.1, 0.15) is 0 Å². The second-order valence-electron chi connectivity index (χ2n) is 1.80. The summed E-state index contributed by atoms with van der Waals surface area (Å²) in [6.07, 6.45) is 0. The van der Waals surface area contributed by atoms with Crippen molar-refractivity contribution in [3.8, 4) is 0 Å². The van der Waals surface area contributed by atoms with Gasteiger partial charge in [-0.25, -0.2) is 0 Å². The van der Waals surface area contributed by atoms with Crippen LogP contribution in [0.1, 0.15) is 5.56 Å². The molecule has 0 aromatic heterocycles. The lowest BCUT2D eigenvalue weighted by atomic mass is 10.2. The van der Waals surface area contributed by atoms with Crippen LogP contribution >= 0.6 is 22.6 Å². The number of rotatable bonds is 0. The normalized spacial score (nSPS) is 9.25. The van der Waals surface area contributed by atoms with E-state index in [4.69, 9.17) is 0 Å². The molecule has 0 saturated carbocycles. The first kappa shape index (κ1) is 6.08. The third-order valence-corrected chi connectivity index (χ3v) is 1.73. The Hall–Kier alpha value is -0.0500. The van der Waals surface area contributed by atoms with Gasteiger partial charge in [-0.2, -0.15) is 0 Å². The number of benzene rings is 1. The Morgan fingerprint density at radius 2 is 1.62 bits per heavy atom. The van der Waals surface area contributed by atoms with Crippen molar-refractivity contribution in [3.05, 3.63) is 33.4 Å². The first-order valence-corrected chi connectivity index (χ1v) is 3.59. The maximum atomic E-state index is 2.30. The standard InChI is InChI=1S/C7H7I/c1-6-2-4-7(8)5-3-6/h2-5H,1H3/i8+4. The van der Waals surface area contributed by atoms with Crippen LogP contribution in [-0.2, 0) is 0 Å². The summed E-state index contributed by atoms with van der Waals surface area (Å²) in [5, 5.41) is 0. The minimum Gasteiger partial charge on any atom is -0.0583 e. The predicted octanol–water partition coefficient (Wildman–Crippen LogP) is 2.60. The highest BCUT2D eigenvalue weighted by molar-refractivity contribution is 14.1. The Balaban J connectivity index is 3.03. The third kappa shape index (κ3) is 1.47. The quantitative estimate of drug-likeness (QED) is 0.592. The lowest BCUT2D eigenvalue weighted by molar-refractivity contribution is 1.46. The summed E-state index contributed by atoms with van der Waals surface area (Å²) >= 11 is 2.30. The van der Waals surface area contributed by atoms with Crippen molar-refractivity contribution >= 4 is 22.6 Å². The molecule has 0 aliphatic carbocycles. The molecule has 1 aromatic carbocycles. The van der Waals surface area contributed by atoms with Gasteiger partial charge in [-0.3, -0.25) is 0 Å². The summed E-state index contributed by atoms with van der Waals surface area (Å²) in [6.45, 7) is 2.09. The number of hydrogen-bond acceptors (Lipinski definition) is 0. The first-order chi connectivity index (χ1) is 3.79. The van der Waals surface area contributed by atoms with E-state index >= 15 is 0 Å². The Kier molecular flexibility index (Phi) is 1.89. The lowest BCUT2D eigenvalue weighted by Gasteiger charge is -1.88. The largest absolute Gasteiger partial charge is 0.0583 e. The van der Waals surface area contributed by atoms with Crippen LogP contribution in [0.5, 0.6) is 0 Å². The Labute approximate surface area is 63.1 Å². The van der Waals surface area contributed by atoms with Gasteiger partial charge in [0.05, 0.1) is 0 Å². The minimum absolute atomic E-state index is 1.30. The van der Waals surface area contributed by atoms with Crippen LogP contribution in [-0.4, -0.2) is 0 Å². The Bertz CT molecular complexity index is 143. The van der Waals surface area contributed by atoms with E-state index in [1.165, 1.54) is 9.13 Å². The van der Waals surface area contributed by atoms with E-state index in [0.29, 0.717) is 0 Å². The highest BCUT2D eigenvalue weighted by Crippen LogP contribution is 2.04. The van der Waals surface area contributed by atoms with Gasteiger partial charge in [0.15, 0.2) is 0 Å². The van der Waals surface area contributed by atoms with E-state index in [0.717, 1.165) is 0 Å². The molecular formula is C7H7I. The summed E-state index contributed by atoms with van der Waals surface area (Å²) in [7, 11) is 0. The topological polar surface area (TPSA) is 0 Å². The molecule has 0 heterocycles. The lowest BCUT2D eigenvalue weighted by Crippen LogP contribution is -1.69. The molecule has 0 aliphatic heterocycles. The zero-order valence-electron chi connectivity index (χ0n) is 4.69. The molecule has 0 unspecified atom stereocenters.